The zero-order chi connectivity index (χ0) is 30.7. The van der Waals surface area contributed by atoms with Crippen molar-refractivity contribution < 1.29 is 14.0 Å². The van der Waals surface area contributed by atoms with E-state index in [2.05, 4.69) is 10.2 Å². The van der Waals surface area contributed by atoms with Crippen molar-refractivity contribution in [1.82, 2.24) is 10.2 Å². The first-order valence-corrected chi connectivity index (χ1v) is 16.2. The zero-order valence-electron chi connectivity index (χ0n) is 23.3. The summed E-state index contributed by atoms with van der Waals surface area (Å²) in [7, 11) is 0. The molecule has 1 unspecified atom stereocenters. The number of fused-ring (bicyclic) bond motifs is 5. The van der Waals surface area contributed by atoms with Crippen LogP contribution in [0, 0.1) is 0 Å². The van der Waals surface area contributed by atoms with Crippen molar-refractivity contribution >= 4 is 68.3 Å². The van der Waals surface area contributed by atoms with E-state index in [1.807, 2.05) is 66.7 Å². The average molecular weight is 649 g/mol. The predicted molar refractivity (Wildman–Crippen MR) is 175 cm³/mol. The molecule has 0 fully saturated rings. The highest BCUT2D eigenvalue weighted by molar-refractivity contribution is 8.00. The molecule has 0 radical (unpaired) electrons. The number of para-hydroxylation sites is 2. The first-order chi connectivity index (χ1) is 22.0. The number of benzene rings is 4. The third kappa shape index (κ3) is 4.24. The molecule has 8 rings (SSSR count). The lowest BCUT2D eigenvalue weighted by molar-refractivity contribution is -0.121. The molecule has 0 N–H and O–H groups in total. The van der Waals surface area contributed by atoms with E-state index < -0.39 is 22.8 Å². The highest BCUT2D eigenvalue weighted by Crippen LogP contribution is 2.55. The van der Waals surface area contributed by atoms with Crippen LogP contribution < -0.4 is 15.2 Å². The number of rotatable bonds is 6. The molecular weight excluding hydrogens is 628 g/mol. The Bertz CT molecular complexity index is 2220. The van der Waals surface area contributed by atoms with E-state index in [0.717, 1.165) is 11.1 Å². The van der Waals surface area contributed by atoms with Gasteiger partial charge in [0.2, 0.25) is 10.9 Å². The van der Waals surface area contributed by atoms with Gasteiger partial charge in [-0.2, -0.15) is 0 Å². The summed E-state index contributed by atoms with van der Waals surface area (Å²) < 4.78 is 6.74. The van der Waals surface area contributed by atoms with Crippen molar-refractivity contribution in [2.24, 2.45) is 0 Å². The molecule has 8 nitrogen and oxygen atoms in total. The van der Waals surface area contributed by atoms with E-state index in [4.69, 9.17) is 16.0 Å². The van der Waals surface area contributed by atoms with Crippen LogP contribution in [-0.4, -0.2) is 22.0 Å². The summed E-state index contributed by atoms with van der Waals surface area (Å²) in [5.41, 5.74) is 0.986. The molecule has 1 atom stereocenters. The van der Waals surface area contributed by atoms with Crippen LogP contribution >= 0.6 is 34.7 Å². The van der Waals surface area contributed by atoms with Gasteiger partial charge in [0, 0.05) is 16.3 Å². The number of thioether (sulfide) groups is 1. The fraction of sp³-hybridized carbons (Fsp3) is 0.0882. The smallest absolute Gasteiger partial charge is 0.297 e. The van der Waals surface area contributed by atoms with Gasteiger partial charge in [0.05, 0.1) is 23.2 Å². The number of hydrogen-bond donors (Lipinski definition) is 0. The molecule has 220 valence electrons. The van der Waals surface area contributed by atoms with Gasteiger partial charge in [0.1, 0.15) is 5.58 Å². The number of amides is 2. The summed E-state index contributed by atoms with van der Waals surface area (Å²) in [5, 5.41) is 9.88. The second-order valence-corrected chi connectivity index (χ2v) is 13.3. The first kappa shape index (κ1) is 27.8. The van der Waals surface area contributed by atoms with Crippen LogP contribution in [0.25, 0.3) is 11.0 Å². The summed E-state index contributed by atoms with van der Waals surface area (Å²) in [6.07, 6.45) is 0. The second kappa shape index (κ2) is 10.7. The molecule has 4 aromatic carbocycles. The maximum atomic E-state index is 15.0. The Kier molecular flexibility index (Phi) is 6.59. The van der Waals surface area contributed by atoms with Gasteiger partial charge in [-0.25, -0.2) is 0 Å². The van der Waals surface area contributed by atoms with Gasteiger partial charge in [-0.1, -0.05) is 107 Å². The van der Waals surface area contributed by atoms with E-state index >= 15 is 4.79 Å². The Morgan fingerprint density at radius 2 is 1.60 bits per heavy atom. The van der Waals surface area contributed by atoms with Crippen molar-refractivity contribution in [1.29, 1.82) is 0 Å². The summed E-state index contributed by atoms with van der Waals surface area (Å²) in [6, 6.07) is 31.1. The van der Waals surface area contributed by atoms with Crippen LogP contribution in [0.3, 0.4) is 0 Å². The molecule has 45 heavy (non-hydrogen) atoms. The maximum absolute atomic E-state index is 15.0. The number of aromatic nitrogens is 2. The second-order valence-electron chi connectivity index (χ2n) is 10.6. The molecule has 11 heteroatoms. The van der Waals surface area contributed by atoms with Gasteiger partial charge in [-0.3, -0.25) is 19.3 Å². The van der Waals surface area contributed by atoms with Crippen LogP contribution in [0.1, 0.15) is 32.8 Å². The zero-order valence-corrected chi connectivity index (χ0v) is 25.7. The quantitative estimate of drug-likeness (QED) is 0.141. The average Bonchev–Trinajstić information content (AvgIpc) is 3.70. The fourth-order valence-corrected chi connectivity index (χ4v) is 8.20. The van der Waals surface area contributed by atoms with Gasteiger partial charge in [-0.15, -0.1) is 10.2 Å². The highest BCUT2D eigenvalue weighted by atomic mass is 35.5. The van der Waals surface area contributed by atoms with Crippen LogP contribution in [0.2, 0.25) is 5.02 Å². The number of halogens is 1. The first-order valence-electron chi connectivity index (χ1n) is 14.0. The molecule has 2 aromatic heterocycles. The number of nitrogens with zero attached hydrogens (tertiary/aromatic N) is 4. The van der Waals surface area contributed by atoms with Crippen molar-refractivity contribution in [3.63, 3.8) is 0 Å². The van der Waals surface area contributed by atoms with Crippen LogP contribution in [-0.2, 0) is 22.6 Å². The Morgan fingerprint density at radius 3 is 2.44 bits per heavy atom. The van der Waals surface area contributed by atoms with Gasteiger partial charge in [0.15, 0.2) is 15.3 Å². The largest absolute Gasteiger partial charge is 0.450 e. The molecule has 0 aliphatic carbocycles. The lowest BCUT2D eigenvalue weighted by Gasteiger charge is -2.32. The molecule has 0 bridgehead atoms. The molecule has 1 spiro atoms. The van der Waals surface area contributed by atoms with E-state index in [0.29, 0.717) is 26.4 Å². The fourth-order valence-electron chi connectivity index (χ4n) is 6.16. The van der Waals surface area contributed by atoms with E-state index in [9.17, 15) is 9.59 Å². The third-order valence-corrected chi connectivity index (χ3v) is 10.4. The van der Waals surface area contributed by atoms with E-state index in [1.54, 1.807) is 41.3 Å². The SMILES string of the molecule is O=C1c2oc3ccccc3c(=O)c2C2(C(=O)N(Cc3ccccc3)c3ccccc32)N1c1nnc(SCc2cccc(Cl)c2)s1. The molecule has 0 saturated carbocycles. The third-order valence-electron chi connectivity index (χ3n) is 8.05. The Hall–Kier alpha value is -4.77. The Morgan fingerprint density at radius 1 is 0.844 bits per heavy atom. The van der Waals surface area contributed by atoms with E-state index in [-0.39, 0.29) is 34.0 Å². The maximum Gasteiger partial charge on any atom is 0.297 e. The standard InChI is InChI=1S/C34H21ClN4O4S2/c35-22-12-8-11-21(17-22)19-44-33-37-36-32(45-33)39-30(41)29-27(28(40)23-13-4-7-16-26(23)43-29)34(39)24-14-5-6-15-25(24)38(31(34)42)18-20-9-2-1-3-10-20/h1-17H,18-19H2. The lowest BCUT2D eigenvalue weighted by Crippen LogP contribution is -2.53. The molecule has 2 amide bonds. The van der Waals surface area contributed by atoms with E-state index in [1.165, 1.54) is 28.0 Å². The van der Waals surface area contributed by atoms with Gasteiger partial charge >= 0.3 is 0 Å². The number of carbonyl (C=O) groups is 2. The molecule has 0 saturated heterocycles. The van der Waals surface area contributed by atoms with Crippen LogP contribution in [0.5, 0.6) is 0 Å². The van der Waals surface area contributed by atoms with Gasteiger partial charge in [-0.05, 0) is 41.5 Å². The minimum atomic E-state index is -1.84. The summed E-state index contributed by atoms with van der Waals surface area (Å²) in [6.45, 7) is 0.242. The number of hydrogen-bond acceptors (Lipinski definition) is 8. The van der Waals surface area contributed by atoms with Crippen molar-refractivity contribution in [2.75, 3.05) is 9.80 Å². The molecule has 6 aromatic rings. The van der Waals surface area contributed by atoms with Crippen LogP contribution in [0.4, 0.5) is 10.8 Å². The van der Waals surface area contributed by atoms with Crippen LogP contribution in [0.15, 0.2) is 117 Å². The predicted octanol–water partition coefficient (Wildman–Crippen LogP) is 7.04. The molecular formula is C34H21ClN4O4S2. The molecule has 2 aliphatic heterocycles. The van der Waals surface area contributed by atoms with Gasteiger partial charge < -0.3 is 9.32 Å². The summed E-state index contributed by atoms with van der Waals surface area (Å²) in [4.78, 5) is 46.8. The summed E-state index contributed by atoms with van der Waals surface area (Å²) in [5.74, 6) is -0.663. The van der Waals surface area contributed by atoms with Gasteiger partial charge in [0.25, 0.3) is 11.8 Å². The molecule has 4 heterocycles. The highest BCUT2D eigenvalue weighted by Gasteiger charge is 2.66. The Labute approximate surface area is 269 Å². The minimum absolute atomic E-state index is 0.0115. The van der Waals surface area contributed by atoms with Crippen molar-refractivity contribution in [3.8, 4) is 0 Å². The van der Waals surface area contributed by atoms with Crippen molar-refractivity contribution in [3.05, 3.63) is 146 Å². The number of carbonyl (C=O) groups excluding carboxylic acids is 2. The normalized spacial score (nSPS) is 17.0. The minimum Gasteiger partial charge on any atom is -0.450 e. The molecule has 2 aliphatic rings. The summed E-state index contributed by atoms with van der Waals surface area (Å²) >= 11 is 8.79. The topological polar surface area (TPSA) is 96.6 Å². The van der Waals surface area contributed by atoms with Crippen molar-refractivity contribution in [2.45, 2.75) is 22.2 Å². The number of anilines is 2. The lowest BCUT2D eigenvalue weighted by atomic mass is 9.84. The monoisotopic (exact) mass is 648 g/mol. The Balaban J connectivity index is 1.31.